The van der Waals surface area contributed by atoms with Crippen LogP contribution in [0, 0.1) is 0 Å². The van der Waals surface area contributed by atoms with Gasteiger partial charge in [-0.3, -0.25) is 4.21 Å². The van der Waals surface area contributed by atoms with Crippen molar-refractivity contribution in [3.63, 3.8) is 0 Å². The molecule has 0 bridgehead atoms. The Hall–Kier alpha value is -1.03. The molecule has 1 atom stereocenters. The van der Waals surface area contributed by atoms with E-state index in [1.807, 2.05) is 0 Å². The predicted molar refractivity (Wildman–Crippen MR) is 50.2 cm³/mol. The maximum absolute atomic E-state index is 11.4. The monoisotopic (exact) mass is 185 g/mol. The van der Waals surface area contributed by atoms with E-state index >= 15 is 0 Å². The Kier molecular flexibility index (Phi) is 2.38. The van der Waals surface area contributed by atoms with Gasteiger partial charge in [-0.2, -0.15) is 0 Å². The highest BCUT2D eigenvalue weighted by Crippen LogP contribution is 2.13. The summed E-state index contributed by atoms with van der Waals surface area (Å²) in [4.78, 5) is 3.94. The van der Waals surface area contributed by atoms with Crippen molar-refractivity contribution in [2.45, 2.75) is 5.03 Å². The molecule has 12 heavy (non-hydrogen) atoms. The van der Waals surface area contributed by atoms with Gasteiger partial charge in [0.25, 0.3) is 0 Å². The summed E-state index contributed by atoms with van der Waals surface area (Å²) in [6.07, 6.45) is 3.11. The highest BCUT2D eigenvalue weighted by Gasteiger charge is 2.02. The Morgan fingerprint density at radius 1 is 1.67 bits per heavy atom. The van der Waals surface area contributed by atoms with Gasteiger partial charge in [0.2, 0.25) is 0 Å². The fraction of sp³-hybridized carbons (Fsp3) is 0.250. The molecule has 0 N–H and O–H groups in total. The number of pyridine rings is 1. The van der Waals surface area contributed by atoms with Crippen LogP contribution in [0.25, 0.3) is 0 Å². The van der Waals surface area contributed by atoms with Crippen LogP contribution in [0.2, 0.25) is 0 Å². The highest BCUT2D eigenvalue weighted by molar-refractivity contribution is 7.99. The summed E-state index contributed by atoms with van der Waals surface area (Å²) in [6, 6.07) is 3.34. The Labute approximate surface area is 72.4 Å². The van der Waals surface area contributed by atoms with E-state index in [0.29, 0.717) is 10.8 Å². The first-order valence-electron chi connectivity index (χ1n) is 3.36. The van der Waals surface area contributed by atoms with Gasteiger partial charge in [-0.15, -0.1) is 0 Å². The number of nitrogens with zero attached hydrogens (tertiary/aromatic N) is 1. The third-order valence-electron chi connectivity index (χ3n) is 1.38. The number of rotatable bonds is 2. The molecule has 0 aliphatic heterocycles. The van der Waals surface area contributed by atoms with Crippen molar-refractivity contribution in [1.29, 1.82) is 0 Å². The molecule has 0 saturated heterocycles. The molecular formula is C8H11NO2S. The molecule has 1 unspecified atom stereocenters. The molecule has 1 heterocycles. The lowest BCUT2D eigenvalue weighted by atomic mass is 10.5. The molecule has 66 valence electrons. The smallest absolute Gasteiger partial charge is 0.123 e. The Bertz CT molecular complexity index is 370. The fourth-order valence-electron chi connectivity index (χ4n) is 0.754. The molecule has 0 saturated carbocycles. The van der Waals surface area contributed by atoms with E-state index in [4.69, 9.17) is 4.74 Å². The summed E-state index contributed by atoms with van der Waals surface area (Å²) in [5, 5.41) is 0.474. The molecule has 0 radical (unpaired) electrons. The van der Waals surface area contributed by atoms with Gasteiger partial charge in [0, 0.05) is 28.0 Å². The fourth-order valence-corrected chi connectivity index (χ4v) is 1.40. The van der Waals surface area contributed by atoms with Crippen molar-refractivity contribution >= 4 is 15.4 Å². The number of hydrogen-bond acceptors (Lipinski definition) is 3. The minimum absolute atomic E-state index is 0.474. The summed E-state index contributed by atoms with van der Waals surface area (Å²) in [5.41, 5.74) is 0. The maximum atomic E-state index is 11.4. The second kappa shape index (κ2) is 3.15. The lowest BCUT2D eigenvalue weighted by Crippen LogP contribution is -1.99. The lowest BCUT2D eigenvalue weighted by Gasteiger charge is -2.03. The van der Waals surface area contributed by atoms with E-state index in [0.717, 1.165) is 0 Å². The van der Waals surface area contributed by atoms with Gasteiger partial charge in [0.15, 0.2) is 0 Å². The van der Waals surface area contributed by atoms with Gasteiger partial charge in [0.05, 0.1) is 7.11 Å². The van der Waals surface area contributed by atoms with Crippen LogP contribution >= 0.6 is 0 Å². The number of aromatic nitrogens is 1. The van der Waals surface area contributed by atoms with Crippen LogP contribution in [-0.2, 0) is 9.52 Å². The third-order valence-corrected chi connectivity index (χ3v) is 2.49. The van der Waals surface area contributed by atoms with E-state index in [2.05, 4.69) is 10.9 Å². The summed E-state index contributed by atoms with van der Waals surface area (Å²) in [6.45, 7) is 0. The molecule has 1 aromatic heterocycles. The zero-order valence-electron chi connectivity index (χ0n) is 7.11. The van der Waals surface area contributed by atoms with Crippen LogP contribution in [0.4, 0.5) is 0 Å². The Balaban J connectivity index is 3.20. The Morgan fingerprint density at radius 2 is 2.33 bits per heavy atom. The standard InChI is InChI=1S/C8H11NO2S/c1-11-7-4-5-9-8(6-7)12(2,3)10/h4-6H,2H2,1,3H3. The Morgan fingerprint density at radius 3 is 2.83 bits per heavy atom. The first-order chi connectivity index (χ1) is 5.54. The first kappa shape index (κ1) is 9.06. The number of hydrogen-bond donors (Lipinski definition) is 0. The summed E-state index contributed by atoms with van der Waals surface area (Å²) in [7, 11) is -0.671. The minimum atomic E-state index is -2.23. The second-order valence-corrected chi connectivity index (χ2v) is 4.97. The molecule has 4 heteroatoms. The molecule has 1 aromatic rings. The van der Waals surface area contributed by atoms with E-state index < -0.39 is 9.52 Å². The van der Waals surface area contributed by atoms with Crippen LogP contribution in [0.5, 0.6) is 5.75 Å². The van der Waals surface area contributed by atoms with Crippen molar-refractivity contribution < 1.29 is 8.95 Å². The van der Waals surface area contributed by atoms with E-state index in [1.165, 1.54) is 0 Å². The van der Waals surface area contributed by atoms with E-state index in [1.54, 1.807) is 31.7 Å². The molecule has 0 aliphatic carbocycles. The van der Waals surface area contributed by atoms with Crippen molar-refractivity contribution in [3.05, 3.63) is 18.3 Å². The van der Waals surface area contributed by atoms with Crippen LogP contribution in [0.15, 0.2) is 23.4 Å². The maximum Gasteiger partial charge on any atom is 0.123 e. The molecule has 3 nitrogen and oxygen atoms in total. The molecule has 0 aromatic carbocycles. The highest BCUT2D eigenvalue weighted by atomic mass is 32.2. The molecule has 0 amide bonds. The summed E-state index contributed by atoms with van der Waals surface area (Å²) < 4.78 is 16.4. The van der Waals surface area contributed by atoms with Crippen LogP contribution in [0.3, 0.4) is 0 Å². The van der Waals surface area contributed by atoms with E-state index in [9.17, 15) is 4.21 Å². The summed E-state index contributed by atoms with van der Waals surface area (Å²) in [5.74, 6) is 4.18. The van der Waals surface area contributed by atoms with Crippen molar-refractivity contribution in [3.8, 4) is 5.75 Å². The van der Waals surface area contributed by atoms with Gasteiger partial charge in [-0.25, -0.2) is 4.98 Å². The topological polar surface area (TPSA) is 39.2 Å². The SMILES string of the molecule is C=S(C)(=O)c1cc(OC)ccn1. The molecule has 0 fully saturated rings. The quantitative estimate of drug-likeness (QED) is 0.640. The van der Waals surface area contributed by atoms with Crippen LogP contribution in [0.1, 0.15) is 0 Å². The van der Waals surface area contributed by atoms with Gasteiger partial charge < -0.3 is 4.74 Å². The average Bonchev–Trinajstić information content (AvgIpc) is 2.03. The van der Waals surface area contributed by atoms with Gasteiger partial charge >= 0.3 is 0 Å². The van der Waals surface area contributed by atoms with Crippen LogP contribution in [-0.4, -0.2) is 28.4 Å². The van der Waals surface area contributed by atoms with Gasteiger partial charge in [-0.1, -0.05) is 0 Å². The van der Waals surface area contributed by atoms with Gasteiger partial charge in [0.1, 0.15) is 10.8 Å². The lowest BCUT2D eigenvalue weighted by molar-refractivity contribution is 0.412. The number of ether oxygens (including phenoxy) is 1. The molecular weight excluding hydrogens is 174 g/mol. The van der Waals surface area contributed by atoms with Crippen molar-refractivity contribution in [2.24, 2.45) is 0 Å². The van der Waals surface area contributed by atoms with Crippen molar-refractivity contribution in [1.82, 2.24) is 4.98 Å². The van der Waals surface area contributed by atoms with Crippen molar-refractivity contribution in [2.75, 3.05) is 13.4 Å². The van der Waals surface area contributed by atoms with Gasteiger partial charge in [-0.05, 0) is 11.9 Å². The third kappa shape index (κ3) is 1.98. The average molecular weight is 185 g/mol. The van der Waals surface area contributed by atoms with E-state index in [-0.39, 0.29) is 0 Å². The number of methoxy groups -OCH3 is 1. The minimum Gasteiger partial charge on any atom is -0.497 e. The summed E-state index contributed by atoms with van der Waals surface area (Å²) >= 11 is 0. The largest absolute Gasteiger partial charge is 0.497 e. The second-order valence-electron chi connectivity index (χ2n) is 2.54. The molecule has 0 aliphatic rings. The zero-order valence-corrected chi connectivity index (χ0v) is 7.93. The normalized spacial score (nSPS) is 15.2. The molecule has 1 rings (SSSR count). The predicted octanol–water partition coefficient (Wildman–Crippen LogP) is 0.795. The zero-order chi connectivity index (χ0) is 9.19. The first-order valence-corrected chi connectivity index (χ1v) is 5.50. The van der Waals surface area contributed by atoms with Crippen LogP contribution < -0.4 is 4.74 Å². The molecule has 0 spiro atoms.